The summed E-state index contributed by atoms with van der Waals surface area (Å²) >= 11 is 0. The van der Waals surface area contributed by atoms with Crippen LogP contribution < -0.4 is 5.73 Å². The van der Waals surface area contributed by atoms with Gasteiger partial charge in [-0.25, -0.2) is 9.20 Å². The average molecular weight is 279 g/mol. The molecule has 0 atom stereocenters. The van der Waals surface area contributed by atoms with Crippen molar-refractivity contribution in [2.45, 2.75) is 0 Å². The summed E-state index contributed by atoms with van der Waals surface area (Å²) in [4.78, 5) is 0. The van der Waals surface area contributed by atoms with Gasteiger partial charge in [0.2, 0.25) is 0 Å². The Kier molecular flexibility index (Phi) is 2.34. The van der Waals surface area contributed by atoms with Crippen LogP contribution in [0.3, 0.4) is 0 Å². The van der Waals surface area contributed by atoms with Gasteiger partial charge in [-0.05, 0) is 12.1 Å². The molecular formula is C14H13N7. The summed E-state index contributed by atoms with van der Waals surface area (Å²) in [6.07, 6.45) is 10.9. The maximum atomic E-state index is 5.77. The van der Waals surface area contributed by atoms with Crippen LogP contribution in [0, 0.1) is 0 Å². The van der Waals surface area contributed by atoms with Crippen molar-refractivity contribution in [1.82, 2.24) is 29.2 Å². The Labute approximate surface area is 120 Å². The number of fused-ring (bicyclic) bond motifs is 1. The molecule has 4 aromatic rings. The van der Waals surface area contributed by atoms with Crippen LogP contribution in [0.25, 0.3) is 22.3 Å². The zero-order valence-corrected chi connectivity index (χ0v) is 11.4. The number of nitrogens with two attached hydrogens (primary N) is 1. The molecule has 0 aliphatic carbocycles. The van der Waals surface area contributed by atoms with Gasteiger partial charge < -0.3 is 5.73 Å². The molecule has 7 heteroatoms. The molecule has 0 spiro atoms. The molecule has 4 aromatic heterocycles. The number of pyridine rings is 1. The third-order valence-electron chi connectivity index (χ3n) is 3.37. The molecule has 0 fully saturated rings. The second-order valence-corrected chi connectivity index (χ2v) is 4.90. The minimum absolute atomic E-state index is 0.624. The highest BCUT2D eigenvalue weighted by molar-refractivity contribution is 5.72. The molecular weight excluding hydrogens is 266 g/mol. The van der Waals surface area contributed by atoms with Gasteiger partial charge in [-0.3, -0.25) is 4.68 Å². The van der Waals surface area contributed by atoms with Crippen LogP contribution >= 0.6 is 0 Å². The lowest BCUT2D eigenvalue weighted by molar-refractivity contribution is 0.768. The van der Waals surface area contributed by atoms with Gasteiger partial charge in [0.1, 0.15) is 0 Å². The maximum Gasteiger partial charge on any atom is 0.0919 e. The Morgan fingerprint density at radius 1 is 1.00 bits per heavy atom. The summed E-state index contributed by atoms with van der Waals surface area (Å²) in [5, 5.41) is 12.8. The van der Waals surface area contributed by atoms with E-state index >= 15 is 0 Å². The van der Waals surface area contributed by atoms with Crippen molar-refractivity contribution in [1.29, 1.82) is 0 Å². The first-order chi connectivity index (χ1) is 10.2. The smallest absolute Gasteiger partial charge is 0.0919 e. The van der Waals surface area contributed by atoms with Crippen molar-refractivity contribution in [2.75, 3.05) is 5.73 Å². The zero-order chi connectivity index (χ0) is 14.4. The summed E-state index contributed by atoms with van der Waals surface area (Å²) in [6.45, 7) is 0. The zero-order valence-electron chi connectivity index (χ0n) is 11.4. The first-order valence-corrected chi connectivity index (χ1v) is 6.48. The van der Waals surface area contributed by atoms with E-state index in [-0.39, 0.29) is 0 Å². The van der Waals surface area contributed by atoms with Gasteiger partial charge in [0.05, 0.1) is 41.7 Å². The molecule has 7 nitrogen and oxygen atoms in total. The van der Waals surface area contributed by atoms with Crippen LogP contribution in [0.15, 0.2) is 49.3 Å². The first kappa shape index (κ1) is 11.7. The lowest BCUT2D eigenvalue weighted by Crippen LogP contribution is -2.00. The van der Waals surface area contributed by atoms with Gasteiger partial charge in [0, 0.05) is 30.6 Å². The minimum Gasteiger partial charge on any atom is -0.396 e. The van der Waals surface area contributed by atoms with Gasteiger partial charge in [-0.15, -0.1) is 0 Å². The number of aryl methyl sites for hydroxylation is 1. The standard InChI is InChI=1S/C14H13N7/c1-19-7-11(5-17-19)10-4-14(21-9-12(15)6-18-21)13-2-3-16-20(13)8-10/h2-9H,15H2,1H3. The van der Waals surface area contributed by atoms with E-state index < -0.39 is 0 Å². The van der Waals surface area contributed by atoms with E-state index in [9.17, 15) is 0 Å². The lowest BCUT2D eigenvalue weighted by atomic mass is 10.1. The molecule has 104 valence electrons. The fourth-order valence-corrected chi connectivity index (χ4v) is 2.39. The molecule has 0 aromatic carbocycles. The van der Waals surface area contributed by atoms with Crippen LogP contribution in [0.4, 0.5) is 5.69 Å². The monoisotopic (exact) mass is 279 g/mol. The van der Waals surface area contributed by atoms with E-state index in [4.69, 9.17) is 5.73 Å². The third-order valence-corrected chi connectivity index (χ3v) is 3.37. The minimum atomic E-state index is 0.624. The van der Waals surface area contributed by atoms with Crippen LogP contribution in [0.2, 0.25) is 0 Å². The molecule has 0 amide bonds. The molecule has 4 heterocycles. The normalized spacial score (nSPS) is 11.3. The van der Waals surface area contributed by atoms with Crippen molar-refractivity contribution >= 4 is 11.2 Å². The number of hydrogen-bond acceptors (Lipinski definition) is 4. The fourth-order valence-electron chi connectivity index (χ4n) is 2.39. The van der Waals surface area contributed by atoms with Crippen LogP contribution in [0.5, 0.6) is 0 Å². The van der Waals surface area contributed by atoms with E-state index in [1.807, 2.05) is 36.2 Å². The van der Waals surface area contributed by atoms with Crippen LogP contribution in [-0.4, -0.2) is 29.2 Å². The number of aromatic nitrogens is 6. The number of nitrogens with zero attached hydrogens (tertiary/aromatic N) is 6. The van der Waals surface area contributed by atoms with Crippen molar-refractivity contribution in [2.24, 2.45) is 7.05 Å². The van der Waals surface area contributed by atoms with Gasteiger partial charge >= 0.3 is 0 Å². The van der Waals surface area contributed by atoms with Crippen molar-refractivity contribution in [3.63, 3.8) is 0 Å². The van der Waals surface area contributed by atoms with Gasteiger partial charge in [-0.2, -0.15) is 15.3 Å². The Balaban J connectivity index is 1.98. The molecule has 0 aliphatic rings. The maximum absolute atomic E-state index is 5.77. The Bertz CT molecular complexity index is 928. The summed E-state index contributed by atoms with van der Waals surface area (Å²) in [5.41, 5.74) is 10.3. The quantitative estimate of drug-likeness (QED) is 0.603. The van der Waals surface area contributed by atoms with E-state index in [1.165, 1.54) is 0 Å². The number of anilines is 1. The molecule has 0 radical (unpaired) electrons. The molecule has 2 N–H and O–H groups in total. The van der Waals surface area contributed by atoms with Crippen LogP contribution in [-0.2, 0) is 7.05 Å². The van der Waals surface area contributed by atoms with E-state index in [0.717, 1.165) is 22.3 Å². The molecule has 0 saturated carbocycles. The van der Waals surface area contributed by atoms with E-state index in [2.05, 4.69) is 21.4 Å². The topological polar surface area (TPSA) is 79.0 Å². The van der Waals surface area contributed by atoms with Crippen molar-refractivity contribution in [3.8, 4) is 16.8 Å². The predicted molar refractivity (Wildman–Crippen MR) is 78.9 cm³/mol. The van der Waals surface area contributed by atoms with Gasteiger partial charge in [0.15, 0.2) is 0 Å². The molecule has 0 unspecified atom stereocenters. The molecule has 21 heavy (non-hydrogen) atoms. The highest BCUT2D eigenvalue weighted by atomic mass is 15.3. The summed E-state index contributed by atoms with van der Waals surface area (Å²) in [6, 6.07) is 4.00. The van der Waals surface area contributed by atoms with Crippen LogP contribution in [0.1, 0.15) is 0 Å². The second kappa shape index (κ2) is 4.20. The van der Waals surface area contributed by atoms with Crippen molar-refractivity contribution in [3.05, 3.63) is 49.3 Å². The molecule has 4 rings (SSSR count). The Morgan fingerprint density at radius 2 is 1.90 bits per heavy atom. The first-order valence-electron chi connectivity index (χ1n) is 6.48. The fraction of sp³-hybridized carbons (Fsp3) is 0.0714. The number of nitrogen functional groups attached to an aromatic ring is 1. The molecule has 0 aliphatic heterocycles. The van der Waals surface area contributed by atoms with Crippen molar-refractivity contribution < 1.29 is 0 Å². The summed E-state index contributed by atoms with van der Waals surface area (Å²) in [5.74, 6) is 0. The summed E-state index contributed by atoms with van der Waals surface area (Å²) < 4.78 is 5.36. The second-order valence-electron chi connectivity index (χ2n) is 4.90. The Hall–Kier alpha value is -3.09. The number of hydrogen-bond donors (Lipinski definition) is 1. The summed E-state index contributed by atoms with van der Waals surface area (Å²) in [7, 11) is 1.89. The van der Waals surface area contributed by atoms with Gasteiger partial charge in [-0.1, -0.05) is 0 Å². The van der Waals surface area contributed by atoms with E-state index in [0.29, 0.717) is 5.69 Å². The highest BCUT2D eigenvalue weighted by Gasteiger charge is 2.10. The molecule has 0 saturated heterocycles. The van der Waals surface area contributed by atoms with E-state index in [1.54, 1.807) is 28.0 Å². The number of rotatable bonds is 2. The largest absolute Gasteiger partial charge is 0.396 e. The highest BCUT2D eigenvalue weighted by Crippen LogP contribution is 2.25. The lowest BCUT2D eigenvalue weighted by Gasteiger charge is -2.07. The third kappa shape index (κ3) is 1.86. The molecule has 0 bridgehead atoms. The Morgan fingerprint density at radius 3 is 2.62 bits per heavy atom. The predicted octanol–water partition coefficient (Wildman–Crippen LogP) is 1.50. The SMILES string of the molecule is Cn1cc(-c2cc(-n3cc(N)cn3)c3ccnn3c2)cn1. The average Bonchev–Trinajstić information content (AvgIpc) is 3.17. The van der Waals surface area contributed by atoms with Gasteiger partial charge in [0.25, 0.3) is 0 Å².